The third-order valence-electron chi connectivity index (χ3n) is 2.97. The summed E-state index contributed by atoms with van der Waals surface area (Å²) in [4.78, 5) is 2.32. The number of allylic oxidation sites excluding steroid dienone is 1. The molecule has 0 spiro atoms. The molecule has 3 nitrogen and oxygen atoms in total. The summed E-state index contributed by atoms with van der Waals surface area (Å²) in [6.07, 6.45) is 1.77. The van der Waals surface area contributed by atoms with Gasteiger partial charge in [-0.15, -0.1) is 0 Å². The number of likely N-dealkylation sites (tertiary alicyclic amines) is 1. The zero-order chi connectivity index (χ0) is 12.3. The molecule has 0 radical (unpaired) electrons. The number of hydrogen-bond acceptors (Lipinski definition) is 3. The molecule has 0 N–H and O–H groups in total. The molecule has 1 rings (SSSR count). The molecule has 0 aromatic rings. The van der Waals surface area contributed by atoms with E-state index in [1.165, 1.54) is 0 Å². The predicted molar refractivity (Wildman–Crippen MR) is 66.4 cm³/mol. The Labute approximate surface area is 99.4 Å². The first-order chi connectivity index (χ1) is 7.41. The summed E-state index contributed by atoms with van der Waals surface area (Å²) in [7, 11) is 2.13. The van der Waals surface area contributed by atoms with Crippen LogP contribution in [0.2, 0.25) is 0 Å². The number of likely N-dealkylation sites (N-methyl/N-ethyl adjacent to an activating group) is 1. The summed E-state index contributed by atoms with van der Waals surface area (Å²) in [6, 6.07) is 0.332. The number of rotatable bonds is 5. The molecule has 3 atom stereocenters. The van der Waals surface area contributed by atoms with E-state index < -0.39 is 0 Å². The Morgan fingerprint density at radius 2 is 2.00 bits per heavy atom. The van der Waals surface area contributed by atoms with Crippen LogP contribution in [-0.2, 0) is 9.47 Å². The first-order valence-corrected chi connectivity index (χ1v) is 6.09. The Hall–Kier alpha value is -0.540. The third-order valence-corrected chi connectivity index (χ3v) is 2.97. The first kappa shape index (κ1) is 13.5. The maximum atomic E-state index is 5.95. The van der Waals surface area contributed by atoms with Crippen LogP contribution in [-0.4, -0.2) is 42.8 Å². The van der Waals surface area contributed by atoms with Gasteiger partial charge in [0, 0.05) is 6.54 Å². The molecular formula is C13H25NO2. The fourth-order valence-electron chi connectivity index (χ4n) is 2.48. The number of nitrogens with zero attached hydrogens (tertiary/aromatic N) is 1. The molecule has 16 heavy (non-hydrogen) atoms. The number of hydrogen-bond donors (Lipinski definition) is 0. The van der Waals surface area contributed by atoms with E-state index in [1.807, 2.05) is 6.92 Å². The second kappa shape index (κ2) is 5.69. The smallest absolute Gasteiger partial charge is 0.113 e. The molecule has 0 aromatic carbocycles. The fraction of sp³-hybridized carbons (Fsp3) is 0.846. The Kier molecular flexibility index (Phi) is 4.81. The second-order valence-corrected chi connectivity index (χ2v) is 5.01. The van der Waals surface area contributed by atoms with Gasteiger partial charge in [-0.2, -0.15) is 0 Å². The van der Waals surface area contributed by atoms with Crippen molar-refractivity contribution in [2.45, 2.75) is 58.5 Å². The monoisotopic (exact) mass is 227 g/mol. The first-order valence-electron chi connectivity index (χ1n) is 6.09. The normalized spacial score (nSPS) is 28.4. The second-order valence-electron chi connectivity index (χ2n) is 5.01. The maximum Gasteiger partial charge on any atom is 0.113 e. The lowest BCUT2D eigenvalue weighted by molar-refractivity contribution is -0.0478. The van der Waals surface area contributed by atoms with E-state index >= 15 is 0 Å². The lowest BCUT2D eigenvalue weighted by Crippen LogP contribution is -2.44. The van der Waals surface area contributed by atoms with Crippen LogP contribution in [0.15, 0.2) is 12.3 Å². The molecule has 1 aliphatic heterocycles. The van der Waals surface area contributed by atoms with Gasteiger partial charge >= 0.3 is 0 Å². The minimum absolute atomic E-state index is 0.133. The van der Waals surface area contributed by atoms with E-state index in [2.05, 4.69) is 39.3 Å². The Morgan fingerprint density at radius 1 is 1.38 bits per heavy atom. The van der Waals surface area contributed by atoms with Gasteiger partial charge < -0.3 is 9.47 Å². The quantitative estimate of drug-likeness (QED) is 0.673. The van der Waals surface area contributed by atoms with Gasteiger partial charge in [-0.3, -0.25) is 4.90 Å². The van der Waals surface area contributed by atoms with Crippen LogP contribution in [0.3, 0.4) is 0 Å². The predicted octanol–water partition coefficient (Wildman–Crippen LogP) is 2.42. The minimum Gasteiger partial charge on any atom is -0.494 e. The van der Waals surface area contributed by atoms with Gasteiger partial charge in [0.2, 0.25) is 0 Å². The van der Waals surface area contributed by atoms with Gasteiger partial charge in [-0.05, 0) is 41.2 Å². The lowest BCUT2D eigenvalue weighted by Gasteiger charge is -2.31. The topological polar surface area (TPSA) is 21.7 Å². The van der Waals surface area contributed by atoms with E-state index in [9.17, 15) is 0 Å². The van der Waals surface area contributed by atoms with Crippen molar-refractivity contribution in [3.63, 3.8) is 0 Å². The average Bonchev–Trinajstić information content (AvgIpc) is 2.44. The summed E-state index contributed by atoms with van der Waals surface area (Å²) in [5.74, 6) is 0.774. The van der Waals surface area contributed by atoms with E-state index in [-0.39, 0.29) is 18.3 Å². The maximum absolute atomic E-state index is 5.95. The van der Waals surface area contributed by atoms with Gasteiger partial charge in [-0.1, -0.05) is 6.58 Å². The standard InChI is InChI=1S/C13H25NO2/c1-9(2)15-11(5)13-12(16-10(3)4)7-8-14(13)6/h10-13H,1,7-8H2,2-6H3/t11-,12-,13+/m0/s1. The van der Waals surface area contributed by atoms with Crippen molar-refractivity contribution in [3.8, 4) is 0 Å². The highest BCUT2D eigenvalue weighted by atomic mass is 16.5. The van der Waals surface area contributed by atoms with Crippen LogP contribution in [0.4, 0.5) is 0 Å². The molecule has 1 saturated heterocycles. The van der Waals surface area contributed by atoms with Gasteiger partial charge in [-0.25, -0.2) is 0 Å². The van der Waals surface area contributed by atoms with Crippen LogP contribution < -0.4 is 0 Å². The van der Waals surface area contributed by atoms with Gasteiger partial charge in [0.15, 0.2) is 0 Å². The third kappa shape index (κ3) is 3.49. The molecule has 0 amide bonds. The molecule has 1 fully saturated rings. The lowest BCUT2D eigenvalue weighted by atomic mass is 10.1. The molecule has 0 bridgehead atoms. The largest absolute Gasteiger partial charge is 0.494 e. The molecule has 94 valence electrons. The van der Waals surface area contributed by atoms with E-state index in [1.54, 1.807) is 0 Å². The molecule has 0 aliphatic carbocycles. The van der Waals surface area contributed by atoms with Crippen LogP contribution >= 0.6 is 0 Å². The minimum atomic E-state index is 0.133. The molecule has 0 aromatic heterocycles. The van der Waals surface area contributed by atoms with Gasteiger partial charge in [0.1, 0.15) is 6.10 Å². The molecule has 1 aliphatic rings. The Bertz CT molecular complexity index is 240. The highest BCUT2D eigenvalue weighted by molar-refractivity contribution is 4.92. The fourth-order valence-corrected chi connectivity index (χ4v) is 2.48. The van der Waals surface area contributed by atoms with Crippen LogP contribution in [0.25, 0.3) is 0 Å². The van der Waals surface area contributed by atoms with E-state index in [0.717, 1.165) is 18.7 Å². The van der Waals surface area contributed by atoms with Crippen molar-refractivity contribution >= 4 is 0 Å². The van der Waals surface area contributed by atoms with Crippen molar-refractivity contribution in [1.82, 2.24) is 4.90 Å². The van der Waals surface area contributed by atoms with Gasteiger partial charge in [0.25, 0.3) is 0 Å². The Balaban J connectivity index is 2.61. The zero-order valence-corrected chi connectivity index (χ0v) is 11.2. The van der Waals surface area contributed by atoms with Crippen LogP contribution in [0.5, 0.6) is 0 Å². The van der Waals surface area contributed by atoms with Crippen molar-refractivity contribution in [2.75, 3.05) is 13.6 Å². The van der Waals surface area contributed by atoms with E-state index in [4.69, 9.17) is 9.47 Å². The summed E-state index contributed by atoms with van der Waals surface area (Å²) in [6.45, 7) is 13.0. The van der Waals surface area contributed by atoms with Crippen LogP contribution in [0.1, 0.15) is 34.1 Å². The molecule has 3 heteroatoms. The van der Waals surface area contributed by atoms with E-state index in [0.29, 0.717) is 6.04 Å². The highest BCUT2D eigenvalue weighted by Crippen LogP contribution is 2.25. The molecular weight excluding hydrogens is 202 g/mol. The average molecular weight is 227 g/mol. The summed E-state index contributed by atoms with van der Waals surface area (Å²) < 4.78 is 11.6. The van der Waals surface area contributed by atoms with Crippen molar-refractivity contribution in [3.05, 3.63) is 12.3 Å². The Morgan fingerprint density at radius 3 is 2.50 bits per heavy atom. The highest BCUT2D eigenvalue weighted by Gasteiger charge is 2.37. The summed E-state index contributed by atoms with van der Waals surface area (Å²) in [5, 5.41) is 0. The molecule has 1 heterocycles. The van der Waals surface area contributed by atoms with Crippen molar-refractivity contribution in [1.29, 1.82) is 0 Å². The summed E-state index contributed by atoms with van der Waals surface area (Å²) in [5.41, 5.74) is 0. The molecule has 0 saturated carbocycles. The SMILES string of the molecule is C=C(C)O[C@@H](C)[C@@H]1[C@@H](OC(C)C)CCN1C. The zero-order valence-electron chi connectivity index (χ0n) is 11.2. The van der Waals surface area contributed by atoms with Gasteiger partial charge in [0.05, 0.1) is 24.0 Å². The summed E-state index contributed by atoms with van der Waals surface area (Å²) >= 11 is 0. The molecule has 0 unspecified atom stereocenters. The van der Waals surface area contributed by atoms with Crippen LogP contribution in [0, 0.1) is 0 Å². The van der Waals surface area contributed by atoms with Crippen molar-refractivity contribution in [2.24, 2.45) is 0 Å². The number of ether oxygens (including phenoxy) is 2. The van der Waals surface area contributed by atoms with Crippen molar-refractivity contribution < 1.29 is 9.47 Å².